The van der Waals surface area contributed by atoms with Crippen molar-refractivity contribution in [2.75, 3.05) is 11.9 Å². The standard InChI is InChI=1S/C16H14ClNO4/c1-10-4-2-3-5-13(10)18-15(20)9-22-16(21)12-7-6-11(17)8-14(12)19/h2-8,19H,9H2,1H3,(H,18,20). The van der Waals surface area contributed by atoms with Gasteiger partial charge in [0.1, 0.15) is 11.3 Å². The van der Waals surface area contributed by atoms with Crippen LogP contribution in [0.5, 0.6) is 5.75 Å². The van der Waals surface area contributed by atoms with Gasteiger partial charge < -0.3 is 15.2 Å². The number of aryl methyl sites for hydroxylation is 1. The molecule has 0 aliphatic heterocycles. The van der Waals surface area contributed by atoms with E-state index in [9.17, 15) is 14.7 Å². The molecule has 0 fully saturated rings. The summed E-state index contributed by atoms with van der Waals surface area (Å²) in [6, 6.07) is 11.3. The third kappa shape index (κ3) is 3.99. The molecule has 0 atom stereocenters. The monoisotopic (exact) mass is 319 g/mol. The molecule has 114 valence electrons. The Hall–Kier alpha value is -2.53. The number of halogens is 1. The van der Waals surface area contributed by atoms with Gasteiger partial charge >= 0.3 is 5.97 Å². The van der Waals surface area contributed by atoms with Crippen molar-refractivity contribution in [1.29, 1.82) is 0 Å². The van der Waals surface area contributed by atoms with Crippen molar-refractivity contribution < 1.29 is 19.4 Å². The Balaban J connectivity index is 1.93. The minimum Gasteiger partial charge on any atom is -0.507 e. The van der Waals surface area contributed by atoms with Crippen LogP contribution in [0.3, 0.4) is 0 Å². The van der Waals surface area contributed by atoms with Crippen LogP contribution in [0, 0.1) is 6.92 Å². The van der Waals surface area contributed by atoms with Gasteiger partial charge in [0.05, 0.1) is 0 Å². The molecule has 2 N–H and O–H groups in total. The lowest BCUT2D eigenvalue weighted by molar-refractivity contribution is -0.119. The third-order valence-electron chi connectivity index (χ3n) is 2.93. The molecule has 2 aromatic carbocycles. The van der Waals surface area contributed by atoms with Crippen molar-refractivity contribution in [1.82, 2.24) is 0 Å². The second-order valence-electron chi connectivity index (χ2n) is 4.60. The molecule has 0 spiro atoms. The summed E-state index contributed by atoms with van der Waals surface area (Å²) in [4.78, 5) is 23.6. The average molecular weight is 320 g/mol. The first-order chi connectivity index (χ1) is 10.5. The maximum Gasteiger partial charge on any atom is 0.342 e. The van der Waals surface area contributed by atoms with Gasteiger partial charge in [0.2, 0.25) is 0 Å². The van der Waals surface area contributed by atoms with E-state index in [0.29, 0.717) is 10.7 Å². The first kappa shape index (κ1) is 15.9. The highest BCUT2D eigenvalue weighted by atomic mass is 35.5. The Bertz CT molecular complexity index is 715. The highest BCUT2D eigenvalue weighted by molar-refractivity contribution is 6.30. The maximum absolute atomic E-state index is 11.8. The lowest BCUT2D eigenvalue weighted by Crippen LogP contribution is -2.21. The second kappa shape index (κ2) is 6.95. The van der Waals surface area contributed by atoms with E-state index in [1.54, 1.807) is 12.1 Å². The van der Waals surface area contributed by atoms with Gasteiger partial charge in [-0.15, -0.1) is 0 Å². The number of carbonyl (C=O) groups excluding carboxylic acids is 2. The fourth-order valence-corrected chi connectivity index (χ4v) is 1.95. The summed E-state index contributed by atoms with van der Waals surface area (Å²) in [5.74, 6) is -1.55. The lowest BCUT2D eigenvalue weighted by atomic mass is 10.2. The van der Waals surface area contributed by atoms with Gasteiger partial charge in [0.25, 0.3) is 5.91 Å². The maximum atomic E-state index is 11.8. The van der Waals surface area contributed by atoms with Crippen molar-refractivity contribution in [3.63, 3.8) is 0 Å². The number of hydrogen-bond acceptors (Lipinski definition) is 4. The normalized spacial score (nSPS) is 10.1. The molecule has 0 saturated heterocycles. The number of esters is 1. The van der Waals surface area contributed by atoms with Crippen molar-refractivity contribution in [2.45, 2.75) is 6.92 Å². The number of phenols is 1. The number of carbonyl (C=O) groups is 2. The Kier molecular flexibility index (Phi) is 5.01. The highest BCUT2D eigenvalue weighted by Crippen LogP contribution is 2.22. The zero-order chi connectivity index (χ0) is 16.1. The Morgan fingerprint density at radius 1 is 1.23 bits per heavy atom. The topological polar surface area (TPSA) is 75.6 Å². The summed E-state index contributed by atoms with van der Waals surface area (Å²) in [6.07, 6.45) is 0. The van der Waals surface area contributed by atoms with Crippen LogP contribution in [0.4, 0.5) is 5.69 Å². The molecule has 0 aliphatic carbocycles. The van der Waals surface area contributed by atoms with Crippen LogP contribution in [-0.2, 0) is 9.53 Å². The molecule has 0 heterocycles. The number of hydrogen-bond donors (Lipinski definition) is 2. The number of nitrogens with one attached hydrogen (secondary N) is 1. The third-order valence-corrected chi connectivity index (χ3v) is 3.17. The number of rotatable bonds is 4. The molecule has 6 heteroatoms. The molecule has 5 nitrogen and oxygen atoms in total. The first-order valence-electron chi connectivity index (χ1n) is 6.48. The molecule has 0 radical (unpaired) electrons. The Morgan fingerprint density at radius 3 is 2.64 bits per heavy atom. The van der Waals surface area contributed by atoms with Gasteiger partial charge in [-0.1, -0.05) is 29.8 Å². The number of amides is 1. The van der Waals surface area contributed by atoms with Crippen molar-refractivity contribution in [2.24, 2.45) is 0 Å². The van der Waals surface area contributed by atoms with E-state index in [0.717, 1.165) is 5.56 Å². The molecule has 0 aliphatic rings. The van der Waals surface area contributed by atoms with Crippen LogP contribution in [0.2, 0.25) is 5.02 Å². The molecule has 1 amide bonds. The predicted octanol–water partition coefficient (Wildman–Crippen LogP) is 3.15. The van der Waals surface area contributed by atoms with Crippen LogP contribution in [0.1, 0.15) is 15.9 Å². The first-order valence-corrected chi connectivity index (χ1v) is 6.86. The van der Waals surface area contributed by atoms with E-state index in [-0.39, 0.29) is 11.3 Å². The van der Waals surface area contributed by atoms with Gasteiger partial charge in [-0.2, -0.15) is 0 Å². The van der Waals surface area contributed by atoms with Crippen molar-refractivity contribution in [3.05, 3.63) is 58.6 Å². The predicted molar refractivity (Wildman–Crippen MR) is 83.2 cm³/mol. The smallest absolute Gasteiger partial charge is 0.342 e. The molecule has 2 rings (SSSR count). The van der Waals surface area contributed by atoms with Crippen molar-refractivity contribution >= 4 is 29.2 Å². The fraction of sp³-hybridized carbons (Fsp3) is 0.125. The van der Waals surface area contributed by atoms with E-state index in [1.807, 2.05) is 19.1 Å². The molecule has 22 heavy (non-hydrogen) atoms. The Morgan fingerprint density at radius 2 is 1.95 bits per heavy atom. The number of aromatic hydroxyl groups is 1. The molecule has 0 aromatic heterocycles. The number of phenolic OH excluding ortho intramolecular Hbond substituents is 1. The van der Waals surface area contributed by atoms with E-state index < -0.39 is 18.5 Å². The van der Waals surface area contributed by atoms with E-state index in [1.165, 1.54) is 18.2 Å². The summed E-state index contributed by atoms with van der Waals surface area (Å²) in [6.45, 7) is 1.41. The quantitative estimate of drug-likeness (QED) is 0.849. The molecule has 0 unspecified atom stereocenters. The van der Waals surface area contributed by atoms with Crippen molar-refractivity contribution in [3.8, 4) is 5.75 Å². The number of benzene rings is 2. The van der Waals surface area contributed by atoms with Crippen LogP contribution >= 0.6 is 11.6 Å². The van der Waals surface area contributed by atoms with Crippen LogP contribution in [0.15, 0.2) is 42.5 Å². The fourth-order valence-electron chi connectivity index (χ4n) is 1.79. The van der Waals surface area contributed by atoms with E-state index in [4.69, 9.17) is 16.3 Å². The van der Waals surface area contributed by atoms with Gasteiger partial charge in [0.15, 0.2) is 6.61 Å². The highest BCUT2D eigenvalue weighted by Gasteiger charge is 2.15. The minimum atomic E-state index is -0.797. The summed E-state index contributed by atoms with van der Waals surface area (Å²) in [7, 11) is 0. The summed E-state index contributed by atoms with van der Waals surface area (Å²) in [5, 5.41) is 12.6. The summed E-state index contributed by atoms with van der Waals surface area (Å²) in [5.41, 5.74) is 1.50. The molecule has 2 aromatic rings. The van der Waals surface area contributed by atoms with Gasteiger partial charge in [-0.05, 0) is 36.8 Å². The van der Waals surface area contributed by atoms with Gasteiger partial charge in [-0.3, -0.25) is 4.79 Å². The van der Waals surface area contributed by atoms with Crippen LogP contribution < -0.4 is 5.32 Å². The summed E-state index contributed by atoms with van der Waals surface area (Å²) >= 11 is 5.68. The number of para-hydroxylation sites is 1. The second-order valence-corrected chi connectivity index (χ2v) is 5.04. The zero-order valence-electron chi connectivity index (χ0n) is 11.8. The molecule has 0 saturated carbocycles. The van der Waals surface area contributed by atoms with E-state index in [2.05, 4.69) is 5.32 Å². The number of ether oxygens (including phenoxy) is 1. The van der Waals surface area contributed by atoms with Crippen LogP contribution in [-0.4, -0.2) is 23.6 Å². The Labute approximate surface area is 132 Å². The molecule has 0 bridgehead atoms. The average Bonchev–Trinajstić information content (AvgIpc) is 2.47. The number of anilines is 1. The largest absolute Gasteiger partial charge is 0.507 e. The molecular weight excluding hydrogens is 306 g/mol. The van der Waals surface area contributed by atoms with E-state index >= 15 is 0 Å². The van der Waals surface area contributed by atoms with Gasteiger partial charge in [-0.25, -0.2) is 4.79 Å². The van der Waals surface area contributed by atoms with Crippen LogP contribution in [0.25, 0.3) is 0 Å². The van der Waals surface area contributed by atoms with Gasteiger partial charge in [0, 0.05) is 10.7 Å². The zero-order valence-corrected chi connectivity index (χ0v) is 12.6. The SMILES string of the molecule is Cc1ccccc1NC(=O)COC(=O)c1ccc(Cl)cc1O. The minimum absolute atomic E-state index is 0.0481. The lowest BCUT2D eigenvalue weighted by Gasteiger charge is -2.09. The molecular formula is C16H14ClNO4. The summed E-state index contributed by atoms with van der Waals surface area (Å²) < 4.78 is 4.87.